The van der Waals surface area contributed by atoms with Gasteiger partial charge in [-0.05, 0) is 44.2 Å². The molecule has 9 heteroatoms. The molecular formula is C25H30N4O5. The van der Waals surface area contributed by atoms with Gasteiger partial charge in [0.25, 0.3) is 5.56 Å². The molecule has 0 spiro atoms. The predicted octanol–water partition coefficient (Wildman–Crippen LogP) is 2.42. The van der Waals surface area contributed by atoms with Crippen LogP contribution in [-0.4, -0.2) is 51.6 Å². The number of ether oxygens (including phenoxy) is 3. The van der Waals surface area contributed by atoms with Crippen LogP contribution in [-0.2, 0) is 13.1 Å². The molecule has 1 saturated carbocycles. The van der Waals surface area contributed by atoms with E-state index in [-0.39, 0.29) is 5.56 Å². The lowest BCUT2D eigenvalue weighted by molar-refractivity contribution is -0.0144. The van der Waals surface area contributed by atoms with Gasteiger partial charge in [0, 0.05) is 42.7 Å². The van der Waals surface area contributed by atoms with Crippen LogP contribution in [0.15, 0.2) is 41.3 Å². The molecule has 2 aliphatic rings. The van der Waals surface area contributed by atoms with Crippen molar-refractivity contribution in [1.29, 1.82) is 0 Å². The number of nitrogens with one attached hydrogen (secondary N) is 1. The number of nitrogens with zero attached hydrogens (tertiary/aromatic N) is 3. The summed E-state index contributed by atoms with van der Waals surface area (Å²) in [7, 11) is 1.55. The number of hydrogen-bond donors (Lipinski definition) is 2. The van der Waals surface area contributed by atoms with Crippen molar-refractivity contribution in [2.24, 2.45) is 0 Å². The predicted molar refractivity (Wildman–Crippen MR) is 126 cm³/mol. The van der Waals surface area contributed by atoms with Crippen LogP contribution in [0.3, 0.4) is 0 Å². The van der Waals surface area contributed by atoms with E-state index in [0.29, 0.717) is 68.9 Å². The first-order valence-electron chi connectivity index (χ1n) is 11.8. The summed E-state index contributed by atoms with van der Waals surface area (Å²) in [5.41, 5.74) is 0.564. The molecule has 1 aliphatic carbocycles. The molecule has 0 bridgehead atoms. The fraction of sp³-hybridized carbons (Fsp3) is 0.480. The summed E-state index contributed by atoms with van der Waals surface area (Å²) < 4.78 is 18.0. The maximum absolute atomic E-state index is 12.5. The van der Waals surface area contributed by atoms with Gasteiger partial charge >= 0.3 is 0 Å². The Morgan fingerprint density at radius 3 is 2.74 bits per heavy atom. The van der Waals surface area contributed by atoms with E-state index >= 15 is 0 Å². The van der Waals surface area contributed by atoms with Crippen molar-refractivity contribution in [2.45, 2.75) is 56.8 Å². The summed E-state index contributed by atoms with van der Waals surface area (Å²) in [5.74, 6) is 1.90. The summed E-state index contributed by atoms with van der Waals surface area (Å²) in [6.45, 7) is 2.15. The zero-order valence-electron chi connectivity index (χ0n) is 19.3. The van der Waals surface area contributed by atoms with Crippen molar-refractivity contribution in [1.82, 2.24) is 19.9 Å². The van der Waals surface area contributed by atoms with Crippen LogP contribution in [0.5, 0.6) is 17.4 Å². The fourth-order valence-corrected chi connectivity index (χ4v) is 4.74. The molecule has 1 fully saturated rings. The van der Waals surface area contributed by atoms with Crippen LogP contribution in [0.2, 0.25) is 0 Å². The van der Waals surface area contributed by atoms with Crippen molar-refractivity contribution in [3.05, 3.63) is 52.6 Å². The van der Waals surface area contributed by atoms with Gasteiger partial charge < -0.3 is 24.6 Å². The van der Waals surface area contributed by atoms with E-state index in [0.717, 1.165) is 29.7 Å². The molecule has 1 aliphatic heterocycles. The molecule has 9 nitrogen and oxygen atoms in total. The Bertz CT molecular complexity index is 1220. The third kappa shape index (κ3) is 4.85. The van der Waals surface area contributed by atoms with Crippen LogP contribution >= 0.6 is 0 Å². The van der Waals surface area contributed by atoms with Gasteiger partial charge in [-0.25, -0.2) is 0 Å². The average Bonchev–Trinajstić information content (AvgIpc) is 2.87. The second-order valence-electron chi connectivity index (χ2n) is 9.04. The number of hydrogen-bond acceptors (Lipinski definition) is 8. The smallest absolute Gasteiger partial charge is 0.252 e. The van der Waals surface area contributed by atoms with Gasteiger partial charge in [-0.15, -0.1) is 0 Å². The normalized spacial score (nSPS) is 22.0. The maximum atomic E-state index is 12.5. The van der Waals surface area contributed by atoms with E-state index in [1.54, 1.807) is 36.1 Å². The third-order valence-electron chi connectivity index (χ3n) is 6.79. The number of methoxy groups -OCH3 is 1. The summed E-state index contributed by atoms with van der Waals surface area (Å²) in [6, 6.07) is 9.21. The highest BCUT2D eigenvalue weighted by Gasteiger charge is 2.33. The van der Waals surface area contributed by atoms with Crippen LogP contribution in [0.1, 0.15) is 37.8 Å². The number of aliphatic hydroxyl groups is 1. The summed E-state index contributed by atoms with van der Waals surface area (Å²) in [5, 5.41) is 15.6. The molecular weight excluding hydrogens is 436 g/mol. The highest BCUT2D eigenvalue weighted by Crippen LogP contribution is 2.33. The van der Waals surface area contributed by atoms with Crippen LogP contribution in [0, 0.1) is 0 Å². The molecule has 0 amide bonds. The quantitative estimate of drug-likeness (QED) is 0.547. The molecule has 180 valence electrons. The molecule has 0 radical (unpaired) electrons. The zero-order valence-corrected chi connectivity index (χ0v) is 19.3. The van der Waals surface area contributed by atoms with Crippen molar-refractivity contribution >= 4 is 11.0 Å². The summed E-state index contributed by atoms with van der Waals surface area (Å²) in [4.78, 5) is 21.4. The molecule has 0 aromatic carbocycles. The fourth-order valence-electron chi connectivity index (χ4n) is 4.74. The first-order chi connectivity index (χ1) is 16.5. The second kappa shape index (κ2) is 9.60. The Hall–Kier alpha value is -3.17. The van der Waals surface area contributed by atoms with Crippen molar-refractivity contribution in [3.63, 3.8) is 0 Å². The van der Waals surface area contributed by atoms with Gasteiger partial charge in [-0.1, -0.05) is 0 Å². The van der Waals surface area contributed by atoms with Gasteiger partial charge in [0.1, 0.15) is 18.9 Å². The average molecular weight is 467 g/mol. The van der Waals surface area contributed by atoms with Crippen molar-refractivity contribution < 1.29 is 19.3 Å². The van der Waals surface area contributed by atoms with E-state index in [1.165, 1.54) is 0 Å². The molecule has 0 atom stereocenters. The zero-order chi connectivity index (χ0) is 23.5. The topological polar surface area (TPSA) is 108 Å². The molecule has 0 unspecified atom stereocenters. The number of aromatic nitrogens is 3. The number of pyridine rings is 3. The van der Waals surface area contributed by atoms with Crippen LogP contribution < -0.4 is 25.1 Å². The number of rotatable bonds is 7. The van der Waals surface area contributed by atoms with Crippen molar-refractivity contribution in [3.8, 4) is 17.4 Å². The Morgan fingerprint density at radius 1 is 1.18 bits per heavy atom. The van der Waals surface area contributed by atoms with E-state index in [2.05, 4.69) is 15.3 Å². The Balaban J connectivity index is 1.17. The first-order valence-corrected chi connectivity index (χ1v) is 11.8. The van der Waals surface area contributed by atoms with Crippen molar-refractivity contribution in [2.75, 3.05) is 20.3 Å². The lowest BCUT2D eigenvalue weighted by atomic mass is 9.80. The second-order valence-corrected chi connectivity index (χ2v) is 9.04. The Kier molecular flexibility index (Phi) is 6.38. The van der Waals surface area contributed by atoms with E-state index in [4.69, 9.17) is 14.2 Å². The largest absolute Gasteiger partial charge is 0.486 e. The first kappa shape index (κ1) is 22.6. The van der Waals surface area contributed by atoms with Gasteiger partial charge in [-0.3, -0.25) is 14.3 Å². The van der Waals surface area contributed by atoms with E-state index in [1.807, 2.05) is 12.1 Å². The molecule has 3 aromatic heterocycles. The standard InChI is InChI=1S/C25H30N4O5/c1-32-22-4-2-17-3-5-23(30)29(24(17)28-22)11-10-25(31)8-6-18(7-9-25)26-15-19-14-20-21(16-27-19)34-13-12-33-20/h2-5,14,16,18,26,31H,6-13,15H2,1H3. The Morgan fingerprint density at radius 2 is 1.94 bits per heavy atom. The molecule has 4 heterocycles. The molecule has 0 saturated heterocycles. The molecule has 5 rings (SSSR count). The molecule has 2 N–H and O–H groups in total. The minimum Gasteiger partial charge on any atom is -0.486 e. The van der Waals surface area contributed by atoms with Gasteiger partial charge in [0.05, 0.1) is 24.6 Å². The molecule has 34 heavy (non-hydrogen) atoms. The molecule has 3 aromatic rings. The monoisotopic (exact) mass is 466 g/mol. The third-order valence-corrected chi connectivity index (χ3v) is 6.79. The minimum absolute atomic E-state index is 0.126. The Labute approximate surface area is 197 Å². The van der Waals surface area contributed by atoms with E-state index in [9.17, 15) is 9.90 Å². The van der Waals surface area contributed by atoms with Gasteiger partial charge in [-0.2, -0.15) is 4.98 Å². The van der Waals surface area contributed by atoms with Gasteiger partial charge in [0.15, 0.2) is 11.5 Å². The SMILES string of the molecule is COc1ccc2ccc(=O)n(CCC3(O)CCC(NCc4cc5c(cn4)OCCO5)CC3)c2n1. The number of aryl methyl sites for hydroxylation is 1. The number of fused-ring (bicyclic) bond motifs is 2. The lowest BCUT2D eigenvalue weighted by Crippen LogP contribution is -2.42. The highest BCUT2D eigenvalue weighted by atomic mass is 16.6. The highest BCUT2D eigenvalue weighted by molar-refractivity contribution is 5.75. The lowest BCUT2D eigenvalue weighted by Gasteiger charge is -2.36. The van der Waals surface area contributed by atoms with E-state index < -0.39 is 5.60 Å². The minimum atomic E-state index is -0.798. The van der Waals surface area contributed by atoms with Crippen LogP contribution in [0.25, 0.3) is 11.0 Å². The van der Waals surface area contributed by atoms with Gasteiger partial charge in [0.2, 0.25) is 5.88 Å². The van der Waals surface area contributed by atoms with Crippen LogP contribution in [0.4, 0.5) is 0 Å². The maximum Gasteiger partial charge on any atom is 0.252 e. The summed E-state index contributed by atoms with van der Waals surface area (Å²) >= 11 is 0. The summed E-state index contributed by atoms with van der Waals surface area (Å²) in [6.07, 6.45) is 5.28.